The van der Waals surface area contributed by atoms with Crippen LogP contribution in [0, 0.1) is 6.92 Å². The number of aryl methyl sites for hydroxylation is 1. The van der Waals surface area contributed by atoms with E-state index in [2.05, 4.69) is 0 Å². The minimum atomic E-state index is 0.447. The average molecular weight is 151 g/mol. The largest absolute Gasteiger partial charge is 0.397 e. The molecule has 0 bridgehead atoms. The second-order valence-corrected chi connectivity index (χ2v) is 2.57. The Morgan fingerprint density at radius 3 is 2.36 bits per heavy atom. The quantitative estimate of drug-likeness (QED) is 0.515. The number of anilines is 2. The zero-order valence-corrected chi connectivity index (χ0v) is 6.59. The van der Waals surface area contributed by atoms with Gasteiger partial charge in [0.05, 0.1) is 11.4 Å². The second-order valence-electron chi connectivity index (χ2n) is 2.57. The van der Waals surface area contributed by atoms with Crippen LogP contribution in [-0.4, -0.2) is 0 Å². The van der Waals surface area contributed by atoms with Gasteiger partial charge in [-0.1, -0.05) is 6.07 Å². The molecule has 60 valence electrons. The van der Waals surface area contributed by atoms with Gasteiger partial charge < -0.3 is 17.2 Å². The molecule has 0 aromatic heterocycles. The number of benzene rings is 1. The number of nitrogens with two attached hydrogens (primary N) is 3. The van der Waals surface area contributed by atoms with Crippen LogP contribution in [0.3, 0.4) is 0 Å². The first-order chi connectivity index (χ1) is 5.16. The minimum Gasteiger partial charge on any atom is -0.397 e. The van der Waals surface area contributed by atoms with Crippen LogP contribution in [0.1, 0.15) is 11.1 Å². The summed E-state index contributed by atoms with van der Waals surface area (Å²) in [5, 5.41) is 0. The lowest BCUT2D eigenvalue weighted by atomic mass is 10.1. The lowest BCUT2D eigenvalue weighted by Gasteiger charge is -2.08. The molecule has 0 aliphatic heterocycles. The lowest BCUT2D eigenvalue weighted by Crippen LogP contribution is -2.06. The zero-order valence-electron chi connectivity index (χ0n) is 6.59. The summed E-state index contributed by atoms with van der Waals surface area (Å²) in [5.74, 6) is 0. The summed E-state index contributed by atoms with van der Waals surface area (Å²) in [6.45, 7) is 2.42. The Morgan fingerprint density at radius 1 is 1.27 bits per heavy atom. The van der Waals surface area contributed by atoms with Crippen molar-refractivity contribution in [1.82, 2.24) is 0 Å². The van der Waals surface area contributed by atoms with Gasteiger partial charge in [-0.3, -0.25) is 0 Å². The maximum absolute atomic E-state index is 5.69. The van der Waals surface area contributed by atoms with Crippen molar-refractivity contribution in [2.75, 3.05) is 11.5 Å². The average Bonchev–Trinajstić information content (AvgIpc) is 1.99. The molecule has 3 nitrogen and oxygen atoms in total. The van der Waals surface area contributed by atoms with E-state index in [4.69, 9.17) is 17.2 Å². The molecule has 1 aromatic rings. The summed E-state index contributed by atoms with van der Waals surface area (Å²) in [5.41, 5.74) is 20.0. The van der Waals surface area contributed by atoms with Crippen LogP contribution in [0.4, 0.5) is 11.4 Å². The van der Waals surface area contributed by atoms with Crippen LogP contribution >= 0.6 is 0 Å². The molecule has 0 atom stereocenters. The second kappa shape index (κ2) is 2.80. The Morgan fingerprint density at radius 2 is 1.91 bits per heavy atom. The van der Waals surface area contributed by atoms with Crippen LogP contribution in [0.25, 0.3) is 0 Å². The van der Waals surface area contributed by atoms with E-state index in [0.717, 1.165) is 11.1 Å². The van der Waals surface area contributed by atoms with Crippen molar-refractivity contribution in [3.05, 3.63) is 23.3 Å². The van der Waals surface area contributed by atoms with Crippen LogP contribution < -0.4 is 17.2 Å². The predicted octanol–water partition coefficient (Wildman–Crippen LogP) is 0.618. The Kier molecular flexibility index (Phi) is 2.01. The molecule has 3 heteroatoms. The summed E-state index contributed by atoms with van der Waals surface area (Å²) in [6.07, 6.45) is 0. The van der Waals surface area contributed by atoms with E-state index in [1.807, 2.05) is 13.0 Å². The van der Waals surface area contributed by atoms with E-state index in [-0.39, 0.29) is 0 Å². The molecular formula is C8H13N3. The lowest BCUT2D eigenvalue weighted by molar-refractivity contribution is 1.05. The van der Waals surface area contributed by atoms with Crippen LogP contribution in [0.15, 0.2) is 12.1 Å². The molecule has 0 spiro atoms. The Bertz CT molecular complexity index is 268. The third-order valence-corrected chi connectivity index (χ3v) is 1.83. The highest BCUT2D eigenvalue weighted by Crippen LogP contribution is 2.22. The molecule has 0 saturated heterocycles. The van der Waals surface area contributed by atoms with Gasteiger partial charge in [-0.2, -0.15) is 0 Å². The summed E-state index contributed by atoms with van der Waals surface area (Å²) < 4.78 is 0. The van der Waals surface area contributed by atoms with Gasteiger partial charge in [-0.15, -0.1) is 0 Å². The Labute approximate surface area is 66.2 Å². The maximum atomic E-state index is 5.69. The first kappa shape index (κ1) is 7.88. The van der Waals surface area contributed by atoms with Gasteiger partial charge in [-0.25, -0.2) is 0 Å². The van der Waals surface area contributed by atoms with Crippen molar-refractivity contribution in [2.24, 2.45) is 5.73 Å². The summed E-state index contributed by atoms with van der Waals surface area (Å²) in [6, 6.07) is 3.72. The topological polar surface area (TPSA) is 78.1 Å². The normalized spacial score (nSPS) is 10.0. The Balaban J connectivity index is 3.29. The molecule has 1 rings (SSSR count). The van der Waals surface area contributed by atoms with Crippen LogP contribution in [0.5, 0.6) is 0 Å². The molecule has 0 aliphatic rings. The van der Waals surface area contributed by atoms with Gasteiger partial charge >= 0.3 is 0 Å². The van der Waals surface area contributed by atoms with Gasteiger partial charge in [-0.05, 0) is 24.1 Å². The van der Waals surface area contributed by atoms with Crippen molar-refractivity contribution >= 4 is 11.4 Å². The number of hydrogen-bond donors (Lipinski definition) is 3. The highest BCUT2D eigenvalue weighted by atomic mass is 14.7. The van der Waals surface area contributed by atoms with E-state index in [9.17, 15) is 0 Å². The first-order valence-electron chi connectivity index (χ1n) is 3.50. The van der Waals surface area contributed by atoms with E-state index in [0.29, 0.717) is 17.9 Å². The molecule has 0 unspecified atom stereocenters. The molecule has 1 aromatic carbocycles. The van der Waals surface area contributed by atoms with Gasteiger partial charge in [0.2, 0.25) is 0 Å². The molecule has 0 fully saturated rings. The standard InChI is InChI=1S/C8H13N3/c1-5-2-3-7(10)8(11)6(5)4-9/h2-3H,4,9-11H2,1H3. The fraction of sp³-hybridized carbons (Fsp3) is 0.250. The predicted molar refractivity (Wildman–Crippen MR) is 47.9 cm³/mol. The molecule has 0 amide bonds. The highest BCUT2D eigenvalue weighted by Gasteiger charge is 2.02. The molecule has 0 aliphatic carbocycles. The Hall–Kier alpha value is -1.22. The fourth-order valence-corrected chi connectivity index (χ4v) is 1.06. The van der Waals surface area contributed by atoms with E-state index in [1.54, 1.807) is 6.07 Å². The zero-order chi connectivity index (χ0) is 8.43. The van der Waals surface area contributed by atoms with Gasteiger partial charge in [0, 0.05) is 6.54 Å². The molecular weight excluding hydrogens is 138 g/mol. The smallest absolute Gasteiger partial charge is 0.0595 e. The third-order valence-electron chi connectivity index (χ3n) is 1.83. The van der Waals surface area contributed by atoms with Gasteiger partial charge in [0.15, 0.2) is 0 Å². The SMILES string of the molecule is Cc1ccc(N)c(N)c1CN. The summed E-state index contributed by atoms with van der Waals surface area (Å²) in [7, 11) is 0. The summed E-state index contributed by atoms with van der Waals surface area (Å²) >= 11 is 0. The molecule has 0 radical (unpaired) electrons. The molecule has 11 heavy (non-hydrogen) atoms. The van der Waals surface area contributed by atoms with Gasteiger partial charge in [0.25, 0.3) is 0 Å². The molecule has 0 heterocycles. The first-order valence-corrected chi connectivity index (χ1v) is 3.50. The maximum Gasteiger partial charge on any atom is 0.0595 e. The third kappa shape index (κ3) is 1.28. The van der Waals surface area contributed by atoms with Crippen LogP contribution in [0.2, 0.25) is 0 Å². The minimum absolute atomic E-state index is 0.447. The number of hydrogen-bond acceptors (Lipinski definition) is 3. The van der Waals surface area contributed by atoms with E-state index in [1.165, 1.54) is 0 Å². The van der Waals surface area contributed by atoms with Gasteiger partial charge in [0.1, 0.15) is 0 Å². The van der Waals surface area contributed by atoms with Crippen molar-refractivity contribution < 1.29 is 0 Å². The molecule has 0 saturated carbocycles. The van der Waals surface area contributed by atoms with Crippen molar-refractivity contribution in [3.8, 4) is 0 Å². The van der Waals surface area contributed by atoms with Crippen molar-refractivity contribution in [3.63, 3.8) is 0 Å². The number of nitrogen functional groups attached to an aromatic ring is 2. The van der Waals surface area contributed by atoms with Crippen molar-refractivity contribution in [2.45, 2.75) is 13.5 Å². The molecule has 6 N–H and O–H groups in total. The van der Waals surface area contributed by atoms with E-state index >= 15 is 0 Å². The fourth-order valence-electron chi connectivity index (χ4n) is 1.06. The van der Waals surface area contributed by atoms with E-state index < -0.39 is 0 Å². The van der Waals surface area contributed by atoms with Crippen LogP contribution in [-0.2, 0) is 6.54 Å². The number of rotatable bonds is 1. The van der Waals surface area contributed by atoms with Crippen molar-refractivity contribution in [1.29, 1.82) is 0 Å². The monoisotopic (exact) mass is 151 g/mol. The summed E-state index contributed by atoms with van der Waals surface area (Å²) in [4.78, 5) is 0. The highest BCUT2D eigenvalue weighted by molar-refractivity contribution is 5.68.